The van der Waals surface area contributed by atoms with E-state index in [0.717, 1.165) is 5.69 Å². The van der Waals surface area contributed by atoms with Crippen molar-refractivity contribution in [2.75, 3.05) is 5.43 Å². The number of hydrogen-bond donors (Lipinski definition) is 2. The predicted octanol–water partition coefficient (Wildman–Crippen LogP) is 1.26. The second kappa shape index (κ2) is 4.54. The molecule has 3 N–H and O–H groups in total. The molecule has 0 saturated carbocycles. The molecule has 0 aliphatic rings. The third-order valence-electron chi connectivity index (χ3n) is 1.90. The van der Waals surface area contributed by atoms with E-state index in [9.17, 15) is 0 Å². The van der Waals surface area contributed by atoms with Crippen LogP contribution in [-0.2, 0) is 0 Å². The Kier molecular flexibility index (Phi) is 2.93. The van der Waals surface area contributed by atoms with Crippen LogP contribution in [0.5, 0.6) is 11.6 Å². The summed E-state index contributed by atoms with van der Waals surface area (Å²) in [5.41, 5.74) is 3.35. The minimum absolute atomic E-state index is 0.411. The second-order valence-electron chi connectivity index (χ2n) is 3.12. The van der Waals surface area contributed by atoms with E-state index in [4.69, 9.17) is 10.6 Å². The molecule has 0 spiro atoms. The predicted molar refractivity (Wildman–Crippen MR) is 58.9 cm³/mol. The summed E-state index contributed by atoms with van der Waals surface area (Å²) in [4.78, 5) is 11.9. The van der Waals surface area contributed by atoms with Crippen LogP contribution in [0.2, 0.25) is 0 Å². The van der Waals surface area contributed by atoms with Gasteiger partial charge in [0.1, 0.15) is 17.9 Å². The fourth-order valence-corrected chi connectivity index (χ4v) is 1.11. The summed E-state index contributed by atoms with van der Waals surface area (Å²) in [5.74, 6) is 6.74. The van der Waals surface area contributed by atoms with Gasteiger partial charge in [-0.2, -0.15) is 0 Å². The van der Waals surface area contributed by atoms with Gasteiger partial charge in [-0.25, -0.2) is 15.8 Å². The van der Waals surface area contributed by atoms with Crippen LogP contribution in [0.1, 0.15) is 5.69 Å². The normalized spacial score (nSPS) is 9.88. The summed E-state index contributed by atoms with van der Waals surface area (Å²) in [7, 11) is 0. The molecule has 6 heteroatoms. The molecule has 0 saturated heterocycles. The lowest BCUT2D eigenvalue weighted by Gasteiger charge is -2.05. The standard InChI is InChI=1S/C10H11N5O/c1-7-2-3-8(5-12-7)16-10-4-9(15-11)13-6-14-10/h2-6H,11H2,1H3,(H,13,14,15). The summed E-state index contributed by atoms with van der Waals surface area (Å²) >= 11 is 0. The Hall–Kier alpha value is -2.21. The Morgan fingerprint density at radius 2 is 2.12 bits per heavy atom. The van der Waals surface area contributed by atoms with Crippen molar-refractivity contribution in [3.63, 3.8) is 0 Å². The first-order chi connectivity index (χ1) is 7.78. The molecule has 2 aromatic rings. The highest BCUT2D eigenvalue weighted by Gasteiger charge is 2.00. The van der Waals surface area contributed by atoms with Gasteiger partial charge in [0, 0.05) is 11.8 Å². The molecule has 0 atom stereocenters. The molecule has 0 fully saturated rings. The largest absolute Gasteiger partial charge is 0.437 e. The Morgan fingerprint density at radius 3 is 2.81 bits per heavy atom. The zero-order chi connectivity index (χ0) is 11.4. The van der Waals surface area contributed by atoms with Gasteiger partial charge in [-0.05, 0) is 19.1 Å². The molecule has 0 aliphatic carbocycles. The van der Waals surface area contributed by atoms with E-state index in [2.05, 4.69) is 20.4 Å². The van der Waals surface area contributed by atoms with Crippen molar-refractivity contribution < 1.29 is 4.74 Å². The molecule has 2 heterocycles. The number of ether oxygens (including phenoxy) is 1. The number of nitrogens with one attached hydrogen (secondary N) is 1. The zero-order valence-electron chi connectivity index (χ0n) is 8.71. The van der Waals surface area contributed by atoms with Gasteiger partial charge in [-0.3, -0.25) is 4.98 Å². The monoisotopic (exact) mass is 217 g/mol. The maximum absolute atomic E-state index is 5.47. The van der Waals surface area contributed by atoms with Crippen molar-refractivity contribution in [2.45, 2.75) is 6.92 Å². The summed E-state index contributed by atoms with van der Waals surface area (Å²) in [6, 6.07) is 5.28. The summed E-state index contributed by atoms with van der Waals surface area (Å²) in [6.07, 6.45) is 3.00. The Bertz CT molecular complexity index is 471. The SMILES string of the molecule is Cc1ccc(Oc2cc(NN)ncn2)cn1. The number of hydrazine groups is 1. The Balaban J connectivity index is 2.16. The van der Waals surface area contributed by atoms with Gasteiger partial charge in [-0.15, -0.1) is 0 Å². The minimum atomic E-state index is 0.411. The molecular weight excluding hydrogens is 206 g/mol. The van der Waals surface area contributed by atoms with Crippen LogP contribution in [0.25, 0.3) is 0 Å². The third-order valence-corrected chi connectivity index (χ3v) is 1.90. The number of nitrogens with zero attached hydrogens (tertiary/aromatic N) is 3. The summed E-state index contributed by atoms with van der Waals surface area (Å²) in [5, 5.41) is 0. The van der Waals surface area contributed by atoms with Gasteiger partial charge in [-0.1, -0.05) is 0 Å². The molecule has 2 rings (SSSR count). The molecule has 0 amide bonds. The van der Waals surface area contributed by atoms with E-state index in [0.29, 0.717) is 17.4 Å². The number of nitrogens with two attached hydrogens (primary N) is 1. The van der Waals surface area contributed by atoms with E-state index in [1.54, 1.807) is 12.3 Å². The fraction of sp³-hybridized carbons (Fsp3) is 0.100. The molecule has 2 aromatic heterocycles. The maximum Gasteiger partial charge on any atom is 0.224 e. The first-order valence-electron chi connectivity index (χ1n) is 4.67. The van der Waals surface area contributed by atoms with Crippen LogP contribution >= 0.6 is 0 Å². The lowest BCUT2D eigenvalue weighted by atomic mass is 10.4. The molecule has 0 radical (unpaired) electrons. The van der Waals surface area contributed by atoms with Gasteiger partial charge >= 0.3 is 0 Å². The molecule has 0 bridgehead atoms. The van der Waals surface area contributed by atoms with E-state index >= 15 is 0 Å². The number of hydrogen-bond acceptors (Lipinski definition) is 6. The molecule has 0 aromatic carbocycles. The highest BCUT2D eigenvalue weighted by molar-refractivity contribution is 5.37. The average Bonchev–Trinajstić information content (AvgIpc) is 2.32. The topological polar surface area (TPSA) is 86.0 Å². The quantitative estimate of drug-likeness (QED) is 0.594. The van der Waals surface area contributed by atoms with Crippen LogP contribution in [0.15, 0.2) is 30.7 Å². The number of anilines is 1. The number of nitrogen functional groups attached to an aromatic ring is 1. The van der Waals surface area contributed by atoms with Gasteiger partial charge in [0.15, 0.2) is 0 Å². The second-order valence-corrected chi connectivity index (χ2v) is 3.12. The highest BCUT2D eigenvalue weighted by atomic mass is 16.5. The molecule has 6 nitrogen and oxygen atoms in total. The van der Waals surface area contributed by atoms with Crippen molar-refractivity contribution in [3.8, 4) is 11.6 Å². The van der Waals surface area contributed by atoms with Crippen LogP contribution in [0, 0.1) is 6.92 Å². The lowest BCUT2D eigenvalue weighted by molar-refractivity contribution is 0.459. The van der Waals surface area contributed by atoms with E-state index in [-0.39, 0.29) is 0 Å². The number of pyridine rings is 1. The Labute approximate surface area is 92.5 Å². The number of rotatable bonds is 3. The van der Waals surface area contributed by atoms with E-state index < -0.39 is 0 Å². The van der Waals surface area contributed by atoms with Gasteiger partial charge in [0.2, 0.25) is 5.88 Å². The van der Waals surface area contributed by atoms with Crippen molar-refractivity contribution in [2.24, 2.45) is 5.84 Å². The smallest absolute Gasteiger partial charge is 0.224 e. The third kappa shape index (κ3) is 2.43. The first-order valence-corrected chi connectivity index (χ1v) is 4.67. The molecule has 0 unspecified atom stereocenters. The summed E-state index contributed by atoms with van der Waals surface area (Å²) in [6.45, 7) is 1.91. The maximum atomic E-state index is 5.47. The molecule has 82 valence electrons. The molecule has 16 heavy (non-hydrogen) atoms. The van der Waals surface area contributed by atoms with Crippen molar-refractivity contribution >= 4 is 5.82 Å². The van der Waals surface area contributed by atoms with E-state index in [1.165, 1.54) is 6.33 Å². The van der Waals surface area contributed by atoms with Crippen LogP contribution in [-0.4, -0.2) is 15.0 Å². The lowest BCUT2D eigenvalue weighted by Crippen LogP contribution is -2.08. The highest BCUT2D eigenvalue weighted by Crippen LogP contribution is 2.19. The fourth-order valence-electron chi connectivity index (χ4n) is 1.11. The first kappa shape index (κ1) is 10.3. The average molecular weight is 217 g/mol. The van der Waals surface area contributed by atoms with Crippen molar-refractivity contribution in [3.05, 3.63) is 36.4 Å². The van der Waals surface area contributed by atoms with Crippen LogP contribution in [0.4, 0.5) is 5.82 Å². The minimum Gasteiger partial charge on any atom is -0.437 e. The van der Waals surface area contributed by atoms with Crippen molar-refractivity contribution in [1.82, 2.24) is 15.0 Å². The Morgan fingerprint density at radius 1 is 1.25 bits per heavy atom. The van der Waals surface area contributed by atoms with Gasteiger partial charge < -0.3 is 10.2 Å². The van der Waals surface area contributed by atoms with Crippen LogP contribution < -0.4 is 16.0 Å². The number of aryl methyl sites for hydroxylation is 1. The van der Waals surface area contributed by atoms with Gasteiger partial charge in [0.05, 0.1) is 6.20 Å². The van der Waals surface area contributed by atoms with E-state index in [1.807, 2.05) is 19.1 Å². The molecular formula is C10H11N5O. The number of aromatic nitrogens is 3. The summed E-state index contributed by atoms with van der Waals surface area (Å²) < 4.78 is 5.47. The zero-order valence-corrected chi connectivity index (χ0v) is 8.71. The van der Waals surface area contributed by atoms with Crippen molar-refractivity contribution in [1.29, 1.82) is 0 Å². The van der Waals surface area contributed by atoms with Crippen LogP contribution in [0.3, 0.4) is 0 Å². The molecule has 0 aliphatic heterocycles. The van der Waals surface area contributed by atoms with Gasteiger partial charge in [0.25, 0.3) is 0 Å².